The lowest BCUT2D eigenvalue weighted by Gasteiger charge is -2.33. The fourth-order valence-corrected chi connectivity index (χ4v) is 6.09. The van der Waals surface area contributed by atoms with Gasteiger partial charge in [0.15, 0.2) is 4.87 Å². The number of benzene rings is 3. The van der Waals surface area contributed by atoms with Gasteiger partial charge in [-0.3, -0.25) is 9.59 Å². The van der Waals surface area contributed by atoms with E-state index in [4.69, 9.17) is 16.3 Å². The number of para-hydroxylation sites is 1. The smallest absolute Gasteiger partial charge is 0.268 e. The Morgan fingerprint density at radius 1 is 1.09 bits per heavy atom. The lowest BCUT2D eigenvalue weighted by atomic mass is 10.0. The summed E-state index contributed by atoms with van der Waals surface area (Å²) >= 11 is 7.91. The molecule has 0 aliphatic carbocycles. The Hall–Kier alpha value is -2.96. The molecule has 0 radical (unpaired) electrons. The van der Waals surface area contributed by atoms with Crippen LogP contribution in [0, 0.1) is 0 Å². The van der Waals surface area contributed by atoms with Crippen LogP contribution >= 0.6 is 23.4 Å². The number of carbonyl (C=O) groups excluding carboxylic acids is 2. The molecule has 2 aliphatic rings. The Kier molecular flexibility index (Phi) is 5.35. The third kappa shape index (κ3) is 3.17. The second-order valence-corrected chi connectivity index (χ2v) is 9.38. The summed E-state index contributed by atoms with van der Waals surface area (Å²) < 4.78 is 5.29. The average molecular weight is 465 g/mol. The van der Waals surface area contributed by atoms with Crippen molar-refractivity contribution in [3.63, 3.8) is 0 Å². The quantitative estimate of drug-likeness (QED) is 0.549. The van der Waals surface area contributed by atoms with E-state index in [0.29, 0.717) is 35.2 Å². The number of halogens is 1. The molecule has 2 amide bonds. The minimum Gasteiger partial charge on any atom is -0.497 e. The normalized spacial score (nSPS) is 19.5. The molecule has 3 aromatic rings. The molecule has 1 spiro atoms. The highest BCUT2D eigenvalue weighted by Crippen LogP contribution is 2.54. The molecule has 0 aromatic heterocycles. The van der Waals surface area contributed by atoms with Gasteiger partial charge in [0.2, 0.25) is 0 Å². The first-order valence-corrected chi connectivity index (χ1v) is 11.7. The monoisotopic (exact) mass is 464 g/mol. The van der Waals surface area contributed by atoms with Crippen molar-refractivity contribution in [1.29, 1.82) is 0 Å². The molecule has 0 bridgehead atoms. The van der Waals surface area contributed by atoms with E-state index in [2.05, 4.69) is 0 Å². The Balaban J connectivity index is 1.57. The fraction of sp³-hybridized carbons (Fsp3) is 0.200. The van der Waals surface area contributed by atoms with Gasteiger partial charge in [0, 0.05) is 28.4 Å². The van der Waals surface area contributed by atoms with Crippen molar-refractivity contribution < 1.29 is 14.3 Å². The number of anilines is 1. The van der Waals surface area contributed by atoms with E-state index in [0.717, 1.165) is 16.8 Å². The molecule has 2 heterocycles. The molecule has 1 saturated heterocycles. The zero-order chi connectivity index (χ0) is 22.3. The van der Waals surface area contributed by atoms with Gasteiger partial charge >= 0.3 is 0 Å². The number of nitrogens with zero attached hydrogens (tertiary/aromatic N) is 2. The van der Waals surface area contributed by atoms with E-state index in [1.807, 2.05) is 48.5 Å². The summed E-state index contributed by atoms with van der Waals surface area (Å²) in [5.74, 6) is 0.986. The molecule has 2 aliphatic heterocycles. The highest BCUT2D eigenvalue weighted by molar-refractivity contribution is 8.01. The second kappa shape index (κ2) is 8.19. The van der Waals surface area contributed by atoms with Crippen LogP contribution in [0.5, 0.6) is 5.75 Å². The van der Waals surface area contributed by atoms with Crippen LogP contribution in [0.25, 0.3) is 0 Å². The number of thioether (sulfide) groups is 1. The Labute approximate surface area is 195 Å². The predicted octanol–water partition coefficient (Wildman–Crippen LogP) is 4.94. The molecule has 0 N–H and O–H groups in total. The molecule has 3 aromatic carbocycles. The zero-order valence-corrected chi connectivity index (χ0v) is 19.0. The average Bonchev–Trinajstić information content (AvgIpc) is 3.37. The van der Waals surface area contributed by atoms with Gasteiger partial charge in [0.05, 0.1) is 19.3 Å². The minimum absolute atomic E-state index is 0.114. The largest absolute Gasteiger partial charge is 0.497 e. The number of hydrogen-bond donors (Lipinski definition) is 0. The molecule has 1 fully saturated rings. The van der Waals surface area contributed by atoms with Crippen LogP contribution in [0.3, 0.4) is 0 Å². The molecule has 162 valence electrons. The Morgan fingerprint density at radius 3 is 2.69 bits per heavy atom. The van der Waals surface area contributed by atoms with E-state index in [1.54, 1.807) is 41.2 Å². The molecule has 0 unspecified atom stereocenters. The number of ether oxygens (including phenoxy) is 1. The molecule has 7 heteroatoms. The first kappa shape index (κ1) is 20.9. The van der Waals surface area contributed by atoms with Crippen LogP contribution in [0.15, 0.2) is 72.8 Å². The third-order valence-electron chi connectivity index (χ3n) is 5.95. The van der Waals surface area contributed by atoms with E-state index >= 15 is 0 Å². The molecule has 32 heavy (non-hydrogen) atoms. The van der Waals surface area contributed by atoms with Gasteiger partial charge in [-0.1, -0.05) is 54.1 Å². The van der Waals surface area contributed by atoms with Crippen molar-refractivity contribution in [1.82, 2.24) is 4.90 Å². The van der Waals surface area contributed by atoms with Gasteiger partial charge in [0.1, 0.15) is 5.75 Å². The van der Waals surface area contributed by atoms with Crippen molar-refractivity contribution in [2.45, 2.75) is 11.4 Å². The number of fused-ring (bicyclic) bond motifs is 2. The zero-order valence-electron chi connectivity index (χ0n) is 17.5. The van der Waals surface area contributed by atoms with Crippen LogP contribution < -0.4 is 9.64 Å². The third-order valence-corrected chi connectivity index (χ3v) is 7.74. The van der Waals surface area contributed by atoms with Gasteiger partial charge < -0.3 is 14.5 Å². The first-order valence-electron chi connectivity index (χ1n) is 10.3. The number of rotatable bonds is 4. The highest BCUT2D eigenvalue weighted by atomic mass is 35.5. The lowest BCUT2D eigenvalue weighted by molar-refractivity contribution is -0.123. The van der Waals surface area contributed by atoms with Crippen LogP contribution in [-0.2, 0) is 16.2 Å². The minimum atomic E-state index is -1.09. The summed E-state index contributed by atoms with van der Waals surface area (Å²) in [5, 5.41) is 0.613. The maximum Gasteiger partial charge on any atom is 0.268 e. The topological polar surface area (TPSA) is 49.9 Å². The van der Waals surface area contributed by atoms with Gasteiger partial charge in [-0.15, -0.1) is 11.8 Å². The predicted molar refractivity (Wildman–Crippen MR) is 127 cm³/mol. The summed E-state index contributed by atoms with van der Waals surface area (Å²) in [6.45, 7) is 0.833. The summed E-state index contributed by atoms with van der Waals surface area (Å²) in [5.41, 5.74) is 3.02. The van der Waals surface area contributed by atoms with Crippen molar-refractivity contribution in [2.75, 3.05) is 24.3 Å². The summed E-state index contributed by atoms with van der Waals surface area (Å²) in [4.78, 5) is 30.0. The Bertz CT molecular complexity index is 1220. The molecule has 5 nitrogen and oxygen atoms in total. The molecule has 5 rings (SSSR count). The van der Waals surface area contributed by atoms with Crippen molar-refractivity contribution in [3.8, 4) is 5.75 Å². The first-order chi connectivity index (χ1) is 15.6. The van der Waals surface area contributed by atoms with Crippen molar-refractivity contribution in [2.24, 2.45) is 0 Å². The fourth-order valence-electron chi connectivity index (χ4n) is 4.43. The Morgan fingerprint density at radius 2 is 1.88 bits per heavy atom. The van der Waals surface area contributed by atoms with E-state index in [-0.39, 0.29) is 11.8 Å². The van der Waals surface area contributed by atoms with Gasteiger partial charge in [0.25, 0.3) is 11.8 Å². The van der Waals surface area contributed by atoms with Crippen LogP contribution in [-0.4, -0.2) is 36.1 Å². The van der Waals surface area contributed by atoms with Crippen LogP contribution in [0.2, 0.25) is 5.02 Å². The van der Waals surface area contributed by atoms with Crippen molar-refractivity contribution in [3.05, 3.63) is 94.5 Å². The van der Waals surface area contributed by atoms with Gasteiger partial charge in [-0.05, 0) is 35.9 Å². The van der Waals surface area contributed by atoms with Gasteiger partial charge in [-0.25, -0.2) is 0 Å². The summed E-state index contributed by atoms with van der Waals surface area (Å²) in [7, 11) is 1.57. The number of methoxy groups -OCH3 is 1. The van der Waals surface area contributed by atoms with Crippen molar-refractivity contribution >= 4 is 40.9 Å². The van der Waals surface area contributed by atoms with Gasteiger partial charge in [-0.2, -0.15) is 0 Å². The standard InChI is InChI=1S/C25H21ClN2O3S/c1-31-19-9-6-8-17(15-19)23(29)28-13-14-32-25(28)20-10-3-5-12-22(20)27(24(25)30)16-18-7-2-4-11-21(18)26/h2-12,15H,13-14,16H2,1H3/t25-/m1/s1. The lowest BCUT2D eigenvalue weighted by Crippen LogP contribution is -2.50. The second-order valence-electron chi connectivity index (χ2n) is 7.68. The van der Waals surface area contributed by atoms with Crippen LogP contribution in [0.4, 0.5) is 5.69 Å². The molecule has 1 atom stereocenters. The van der Waals surface area contributed by atoms with E-state index in [9.17, 15) is 9.59 Å². The molecular formula is C25H21ClN2O3S. The number of carbonyl (C=O) groups is 2. The van der Waals surface area contributed by atoms with E-state index in [1.165, 1.54) is 11.8 Å². The molecule has 0 saturated carbocycles. The van der Waals surface area contributed by atoms with Crippen LogP contribution in [0.1, 0.15) is 21.5 Å². The maximum absolute atomic E-state index is 14.0. The SMILES string of the molecule is COc1cccc(C(=O)N2CCS[C@]23C(=O)N(Cc2ccccc2Cl)c2ccccc23)c1. The summed E-state index contributed by atoms with van der Waals surface area (Å²) in [6, 6.07) is 22.3. The number of hydrogen-bond acceptors (Lipinski definition) is 4. The maximum atomic E-state index is 14.0. The molecular weight excluding hydrogens is 444 g/mol. The van der Waals surface area contributed by atoms with E-state index < -0.39 is 4.87 Å². The summed E-state index contributed by atoms with van der Waals surface area (Å²) in [6.07, 6.45) is 0. The highest BCUT2D eigenvalue weighted by Gasteiger charge is 2.59. The number of amides is 2.